The Balaban J connectivity index is 0.000000141. The highest BCUT2D eigenvalue weighted by molar-refractivity contribution is 6.33. The summed E-state index contributed by atoms with van der Waals surface area (Å²) in [4.78, 5) is 9.70. The Labute approximate surface area is 579 Å². The van der Waals surface area contributed by atoms with E-state index in [0.29, 0.717) is 0 Å². The first-order chi connectivity index (χ1) is 49.7. The van der Waals surface area contributed by atoms with Crippen molar-refractivity contribution in [3.8, 4) is 89.0 Å². The molecule has 2 heterocycles. The van der Waals surface area contributed by atoms with E-state index in [9.17, 15) is 0 Å². The Hall–Kier alpha value is -13.1. The summed E-state index contributed by atoms with van der Waals surface area (Å²) >= 11 is 0. The van der Waals surface area contributed by atoms with E-state index in [2.05, 4.69) is 364 Å². The summed E-state index contributed by atoms with van der Waals surface area (Å²) in [5.74, 6) is 0. The van der Waals surface area contributed by atoms with Crippen molar-refractivity contribution in [3.63, 3.8) is 0 Å². The van der Waals surface area contributed by atoms with Gasteiger partial charge in [-0.25, -0.2) is 0 Å². The molecule has 18 aromatic carbocycles. The van der Waals surface area contributed by atoms with Crippen LogP contribution in [0.5, 0.6) is 0 Å². The third-order valence-corrected chi connectivity index (χ3v) is 20.6. The van der Waals surface area contributed by atoms with E-state index in [1.54, 1.807) is 0 Å². The van der Waals surface area contributed by atoms with Gasteiger partial charge in [-0.15, -0.1) is 0 Å². The van der Waals surface area contributed by atoms with E-state index < -0.39 is 0 Å². The van der Waals surface area contributed by atoms with Gasteiger partial charge in [0.05, 0.1) is 11.0 Å². The molecule has 0 atom stereocenters. The van der Waals surface area contributed by atoms with Crippen LogP contribution in [0.15, 0.2) is 376 Å². The van der Waals surface area contributed by atoms with Gasteiger partial charge in [-0.1, -0.05) is 352 Å². The molecule has 0 radical (unpaired) electrons. The predicted octanol–water partition coefficient (Wildman–Crippen LogP) is 27.0. The van der Waals surface area contributed by atoms with E-state index in [0.717, 1.165) is 44.1 Å². The summed E-state index contributed by atoms with van der Waals surface area (Å²) in [6, 6.07) is 133. The van der Waals surface area contributed by atoms with Gasteiger partial charge in [-0.05, 0) is 187 Å². The van der Waals surface area contributed by atoms with Crippen molar-refractivity contribution in [3.05, 3.63) is 376 Å². The van der Waals surface area contributed by atoms with Gasteiger partial charge in [0.15, 0.2) is 0 Å². The van der Waals surface area contributed by atoms with Crippen molar-refractivity contribution in [1.29, 1.82) is 0 Å². The van der Waals surface area contributed by atoms with E-state index in [1.807, 2.05) is 12.4 Å². The molecule has 464 valence electrons. The number of rotatable bonds is 8. The van der Waals surface area contributed by atoms with Crippen molar-refractivity contribution in [2.24, 2.45) is 0 Å². The predicted molar refractivity (Wildman–Crippen MR) is 427 cm³/mol. The summed E-state index contributed by atoms with van der Waals surface area (Å²) in [5.41, 5.74) is 21.6. The SMILES string of the molecule is c1ccc(-c2c3ccccc3c(-c3c4ccccc4c(-c4c5ccccc5c(-c5ccccc5)c5ccccc45)c4ccccc34)c3ccccc23)cc1.c1ccc2c(-c3ccc(-c4ccnc5c4ccc4c(-c6ccc(-c7cccc8ccccc78)cc6)ccnc45)cc3)cccc2c1. The van der Waals surface area contributed by atoms with Gasteiger partial charge in [0, 0.05) is 23.2 Å². The quantitative estimate of drug-likeness (QED) is 0.112. The molecule has 0 unspecified atom stereocenters. The number of hydrogen-bond donors (Lipinski definition) is 0. The van der Waals surface area contributed by atoms with Gasteiger partial charge in [0.25, 0.3) is 0 Å². The van der Waals surface area contributed by atoms with Crippen molar-refractivity contribution >= 4 is 108 Å². The monoisotopic (exact) mass is 1270 g/mol. The minimum Gasteiger partial charge on any atom is -0.254 e. The first-order valence-corrected chi connectivity index (χ1v) is 34.4. The largest absolute Gasteiger partial charge is 0.254 e. The third-order valence-electron chi connectivity index (χ3n) is 20.6. The van der Waals surface area contributed by atoms with Crippen LogP contribution in [-0.2, 0) is 0 Å². The molecular weight excluding hydrogens is 1210 g/mol. The molecule has 0 spiro atoms. The molecule has 0 saturated carbocycles. The van der Waals surface area contributed by atoms with Crippen LogP contribution in [0.4, 0.5) is 0 Å². The lowest BCUT2D eigenvalue weighted by Crippen LogP contribution is -1.96. The zero-order chi connectivity index (χ0) is 66.0. The van der Waals surface area contributed by atoms with E-state index >= 15 is 0 Å². The average molecular weight is 1270 g/mol. The Morgan fingerprint density at radius 3 is 0.630 bits per heavy atom. The number of aromatic nitrogens is 2. The van der Waals surface area contributed by atoms with Crippen LogP contribution < -0.4 is 0 Å². The molecule has 0 aliphatic heterocycles. The molecule has 0 N–H and O–H groups in total. The van der Waals surface area contributed by atoms with Gasteiger partial charge in [0.2, 0.25) is 0 Å². The summed E-state index contributed by atoms with van der Waals surface area (Å²) in [6.07, 6.45) is 3.81. The van der Waals surface area contributed by atoms with Crippen molar-refractivity contribution in [1.82, 2.24) is 9.97 Å². The molecular formula is C98H62N2. The second kappa shape index (κ2) is 24.5. The van der Waals surface area contributed by atoms with E-state index in [1.165, 1.54) is 153 Å². The lowest BCUT2D eigenvalue weighted by molar-refractivity contribution is 1.37. The van der Waals surface area contributed by atoms with Crippen LogP contribution in [0.3, 0.4) is 0 Å². The second-order valence-electron chi connectivity index (χ2n) is 26.0. The number of fused-ring (bicyclic) bond motifs is 11. The van der Waals surface area contributed by atoms with Crippen LogP contribution in [-0.4, -0.2) is 9.97 Å². The highest BCUT2D eigenvalue weighted by atomic mass is 14.7. The van der Waals surface area contributed by atoms with Crippen molar-refractivity contribution in [2.45, 2.75) is 0 Å². The molecule has 0 bridgehead atoms. The number of pyridine rings is 2. The molecule has 2 heteroatoms. The van der Waals surface area contributed by atoms with Gasteiger partial charge >= 0.3 is 0 Å². The van der Waals surface area contributed by atoms with Gasteiger partial charge in [0.1, 0.15) is 0 Å². The Morgan fingerprint density at radius 1 is 0.130 bits per heavy atom. The first-order valence-electron chi connectivity index (χ1n) is 34.4. The van der Waals surface area contributed by atoms with E-state index in [4.69, 9.17) is 9.97 Å². The smallest absolute Gasteiger partial charge is 0.0970 e. The maximum Gasteiger partial charge on any atom is 0.0970 e. The molecule has 2 aromatic heterocycles. The first kappa shape index (κ1) is 58.2. The number of nitrogens with zero attached hydrogens (tertiary/aromatic N) is 2. The van der Waals surface area contributed by atoms with Crippen LogP contribution in [0, 0.1) is 0 Å². The van der Waals surface area contributed by atoms with Crippen molar-refractivity contribution in [2.75, 3.05) is 0 Å². The Morgan fingerprint density at radius 2 is 0.350 bits per heavy atom. The van der Waals surface area contributed by atoms with Crippen LogP contribution >= 0.6 is 0 Å². The van der Waals surface area contributed by atoms with Crippen LogP contribution in [0.2, 0.25) is 0 Å². The highest BCUT2D eigenvalue weighted by Crippen LogP contribution is 2.53. The zero-order valence-electron chi connectivity index (χ0n) is 54.7. The summed E-state index contributed by atoms with van der Waals surface area (Å²) in [5, 5.41) is 22.4. The third kappa shape index (κ3) is 9.71. The standard InChI is InChI=1S/C54H34.C44H28N2/c1-3-19-35(20-4-1)49-37-23-7-11-27-41(37)51(42-28-12-8-24-38(42)49)53-45-31-15-17-33-47(45)54(48-34-18-16-32-46(48)53)52-43-29-13-9-25-39(43)50(36-21-5-2-6-22-36)40-26-10-14-30-44(40)52;1-3-11-35-29(7-1)9-5-13-37(35)31-15-19-33(20-16-31)39-25-27-45-43-41(39)23-24-42-40(26-28-46-44(42)43)34-21-17-32(18-22-34)38-14-6-10-30-8-2-4-12-36(30)38/h1-34H;1-28H. The fourth-order valence-electron chi connectivity index (χ4n) is 16.2. The van der Waals surface area contributed by atoms with Crippen LogP contribution in [0.25, 0.3) is 197 Å². The fraction of sp³-hybridized carbons (Fsp3) is 0. The molecule has 0 saturated heterocycles. The lowest BCUT2D eigenvalue weighted by atomic mass is 9.79. The molecule has 0 amide bonds. The van der Waals surface area contributed by atoms with Gasteiger partial charge in [-0.3, -0.25) is 9.97 Å². The maximum absolute atomic E-state index is 4.85. The molecule has 20 aromatic rings. The number of benzene rings is 18. The minimum atomic E-state index is 0.919. The molecule has 2 nitrogen and oxygen atoms in total. The zero-order valence-corrected chi connectivity index (χ0v) is 54.7. The minimum absolute atomic E-state index is 0.919. The summed E-state index contributed by atoms with van der Waals surface area (Å²) in [6.45, 7) is 0. The molecule has 0 aliphatic carbocycles. The lowest BCUT2D eigenvalue weighted by Gasteiger charge is -2.24. The second-order valence-corrected chi connectivity index (χ2v) is 26.0. The molecule has 0 fully saturated rings. The van der Waals surface area contributed by atoms with E-state index in [-0.39, 0.29) is 0 Å². The average Bonchev–Trinajstić information content (AvgIpc) is 0.705. The normalized spacial score (nSPS) is 11.6. The maximum atomic E-state index is 4.85. The summed E-state index contributed by atoms with van der Waals surface area (Å²) in [7, 11) is 0. The van der Waals surface area contributed by atoms with Gasteiger partial charge < -0.3 is 0 Å². The summed E-state index contributed by atoms with van der Waals surface area (Å²) < 4.78 is 0. The highest BCUT2D eigenvalue weighted by Gasteiger charge is 2.26. The van der Waals surface area contributed by atoms with Crippen LogP contribution in [0.1, 0.15) is 0 Å². The molecule has 100 heavy (non-hydrogen) atoms. The number of hydrogen-bond acceptors (Lipinski definition) is 2. The van der Waals surface area contributed by atoms with Crippen molar-refractivity contribution < 1.29 is 0 Å². The fourth-order valence-corrected chi connectivity index (χ4v) is 16.2. The van der Waals surface area contributed by atoms with Gasteiger partial charge in [-0.2, -0.15) is 0 Å². The molecule has 0 aliphatic rings. The Kier molecular flexibility index (Phi) is 14.3. The Bertz CT molecular complexity index is 6030. The topological polar surface area (TPSA) is 25.8 Å². The molecule has 20 rings (SSSR count).